The van der Waals surface area contributed by atoms with Crippen LogP contribution in [0.15, 0.2) is 24.4 Å². The first-order chi connectivity index (χ1) is 8.56. The molecule has 0 amide bonds. The van der Waals surface area contributed by atoms with Crippen molar-refractivity contribution in [1.29, 1.82) is 0 Å². The number of ether oxygens (including phenoxy) is 1. The Balaban J connectivity index is 2.22. The number of benzene rings is 1. The van der Waals surface area contributed by atoms with Gasteiger partial charge in [-0.05, 0) is 30.7 Å². The molecule has 94 valence electrons. The number of carboxylic acids is 1. The second-order valence-corrected chi connectivity index (χ2v) is 3.88. The quantitative estimate of drug-likeness (QED) is 0.879. The summed E-state index contributed by atoms with van der Waals surface area (Å²) in [6.07, 6.45) is 1.68. The summed E-state index contributed by atoms with van der Waals surface area (Å²) in [5.74, 6) is -0.465. The zero-order valence-corrected chi connectivity index (χ0v) is 10.1. The Labute approximate surface area is 104 Å². The third kappa shape index (κ3) is 2.65. The topological polar surface area (TPSA) is 77.2 Å². The van der Waals surface area contributed by atoms with Crippen LogP contribution in [-0.4, -0.2) is 32.7 Å². The lowest BCUT2D eigenvalue weighted by Gasteiger charge is -2.07. The van der Waals surface area contributed by atoms with Gasteiger partial charge in [-0.1, -0.05) is 0 Å². The summed E-state index contributed by atoms with van der Waals surface area (Å²) in [5, 5.41) is 16.8. The molecule has 0 saturated carbocycles. The normalized spacial score (nSPS) is 10.3. The number of carbonyl (C=O) groups is 1. The van der Waals surface area contributed by atoms with Gasteiger partial charge >= 0.3 is 5.97 Å². The molecule has 0 unspecified atom stereocenters. The van der Waals surface area contributed by atoms with E-state index >= 15 is 0 Å². The molecule has 2 aromatic rings. The third-order valence-corrected chi connectivity index (χ3v) is 2.44. The molecular formula is C12H13N3O3. The minimum atomic E-state index is -0.995. The predicted octanol–water partition coefficient (Wildman–Crippen LogP) is 1.25. The van der Waals surface area contributed by atoms with Crippen molar-refractivity contribution in [2.45, 2.75) is 6.92 Å². The van der Waals surface area contributed by atoms with Gasteiger partial charge in [-0.25, -0.2) is 4.79 Å². The molecule has 0 radical (unpaired) electrons. The number of hydrogen-bond acceptors (Lipinski definition) is 4. The number of aliphatic carboxylic acids is 1. The van der Waals surface area contributed by atoms with Crippen LogP contribution in [0.3, 0.4) is 0 Å². The number of nitrogens with zero attached hydrogens (tertiary/aromatic N) is 3. The van der Waals surface area contributed by atoms with Crippen LogP contribution >= 0.6 is 0 Å². The van der Waals surface area contributed by atoms with Crippen molar-refractivity contribution in [1.82, 2.24) is 15.0 Å². The maximum atomic E-state index is 10.4. The Hall–Kier alpha value is -2.37. The molecule has 0 saturated heterocycles. The highest BCUT2D eigenvalue weighted by molar-refractivity contribution is 5.69. The fourth-order valence-electron chi connectivity index (χ4n) is 1.63. The molecule has 1 aromatic carbocycles. The maximum absolute atomic E-state index is 10.4. The van der Waals surface area contributed by atoms with Gasteiger partial charge in [0.15, 0.2) is 6.61 Å². The molecule has 0 aliphatic carbocycles. The van der Waals surface area contributed by atoms with Crippen LogP contribution in [0.5, 0.6) is 5.75 Å². The summed E-state index contributed by atoms with van der Waals surface area (Å²) in [5.41, 5.74) is 2.68. The van der Waals surface area contributed by atoms with E-state index in [2.05, 4.69) is 10.2 Å². The van der Waals surface area contributed by atoms with E-state index in [4.69, 9.17) is 9.84 Å². The van der Waals surface area contributed by atoms with Gasteiger partial charge in [0.1, 0.15) is 11.4 Å². The lowest BCUT2D eigenvalue weighted by atomic mass is 10.1. The standard InChI is InChI=1S/C12H13N3O3/c1-8-5-9(18-7-12(16)17)3-4-10(8)11-6-13-15(2)14-11/h3-6H,7H2,1-2H3,(H,16,17). The second kappa shape index (κ2) is 4.87. The summed E-state index contributed by atoms with van der Waals surface area (Å²) in [7, 11) is 1.75. The molecule has 0 fully saturated rings. The second-order valence-electron chi connectivity index (χ2n) is 3.88. The molecule has 1 N–H and O–H groups in total. The maximum Gasteiger partial charge on any atom is 0.341 e. The Bertz CT molecular complexity index is 578. The largest absolute Gasteiger partial charge is 0.482 e. The minimum absolute atomic E-state index is 0.343. The molecule has 1 heterocycles. The lowest BCUT2D eigenvalue weighted by molar-refractivity contribution is -0.139. The van der Waals surface area contributed by atoms with Crippen molar-refractivity contribution in [2.24, 2.45) is 7.05 Å². The smallest absolute Gasteiger partial charge is 0.341 e. The first-order valence-corrected chi connectivity index (χ1v) is 5.38. The summed E-state index contributed by atoms with van der Waals surface area (Å²) < 4.78 is 5.10. The van der Waals surface area contributed by atoms with Crippen LogP contribution in [0.25, 0.3) is 11.3 Å². The highest BCUT2D eigenvalue weighted by Crippen LogP contribution is 2.24. The molecule has 1 aromatic heterocycles. The Morgan fingerprint density at radius 3 is 2.83 bits per heavy atom. The molecule has 0 spiro atoms. The van der Waals surface area contributed by atoms with E-state index in [0.717, 1.165) is 16.8 Å². The van der Waals surface area contributed by atoms with Gasteiger partial charge in [0.25, 0.3) is 0 Å². The summed E-state index contributed by atoms with van der Waals surface area (Å²) in [6.45, 7) is 1.57. The van der Waals surface area contributed by atoms with E-state index in [0.29, 0.717) is 5.75 Å². The third-order valence-electron chi connectivity index (χ3n) is 2.44. The average Bonchev–Trinajstić information content (AvgIpc) is 2.73. The molecule has 18 heavy (non-hydrogen) atoms. The van der Waals surface area contributed by atoms with Crippen molar-refractivity contribution in [3.63, 3.8) is 0 Å². The van der Waals surface area contributed by atoms with Gasteiger partial charge in [0.2, 0.25) is 0 Å². The Morgan fingerprint density at radius 1 is 1.50 bits per heavy atom. The van der Waals surface area contributed by atoms with E-state index in [1.807, 2.05) is 13.0 Å². The number of rotatable bonds is 4. The van der Waals surface area contributed by atoms with Crippen LogP contribution < -0.4 is 4.74 Å². The zero-order chi connectivity index (χ0) is 13.1. The Morgan fingerprint density at radius 2 is 2.28 bits per heavy atom. The molecule has 0 atom stereocenters. The molecule has 2 rings (SSSR count). The minimum Gasteiger partial charge on any atom is -0.482 e. The first-order valence-electron chi connectivity index (χ1n) is 5.38. The van der Waals surface area contributed by atoms with Crippen molar-refractivity contribution in [3.8, 4) is 17.0 Å². The molecule has 6 nitrogen and oxygen atoms in total. The van der Waals surface area contributed by atoms with Crippen molar-refractivity contribution in [2.75, 3.05) is 6.61 Å². The van der Waals surface area contributed by atoms with Crippen molar-refractivity contribution >= 4 is 5.97 Å². The fraction of sp³-hybridized carbons (Fsp3) is 0.250. The molecule has 0 bridgehead atoms. The molecule has 0 aliphatic rings. The monoisotopic (exact) mass is 247 g/mol. The highest BCUT2D eigenvalue weighted by atomic mass is 16.5. The van der Waals surface area contributed by atoms with Crippen LogP contribution in [0.2, 0.25) is 0 Å². The summed E-state index contributed by atoms with van der Waals surface area (Å²) in [4.78, 5) is 11.9. The van der Waals surface area contributed by atoms with Crippen LogP contribution in [0.4, 0.5) is 0 Å². The highest BCUT2D eigenvalue weighted by Gasteiger charge is 2.07. The zero-order valence-electron chi connectivity index (χ0n) is 10.1. The molecule has 0 aliphatic heterocycles. The van der Waals surface area contributed by atoms with Crippen molar-refractivity contribution < 1.29 is 14.6 Å². The van der Waals surface area contributed by atoms with Gasteiger partial charge in [-0.15, -0.1) is 0 Å². The van der Waals surface area contributed by atoms with Gasteiger partial charge in [-0.3, -0.25) is 0 Å². The van der Waals surface area contributed by atoms with Gasteiger partial charge < -0.3 is 9.84 Å². The predicted molar refractivity (Wildman–Crippen MR) is 64.3 cm³/mol. The number of aromatic nitrogens is 3. The molecule has 6 heteroatoms. The van der Waals surface area contributed by atoms with E-state index < -0.39 is 5.97 Å². The van der Waals surface area contributed by atoms with Crippen LogP contribution in [0.1, 0.15) is 5.56 Å². The number of aryl methyl sites for hydroxylation is 2. The summed E-state index contributed by atoms with van der Waals surface area (Å²) >= 11 is 0. The van der Waals surface area contributed by atoms with Gasteiger partial charge in [-0.2, -0.15) is 15.0 Å². The van der Waals surface area contributed by atoms with E-state index in [-0.39, 0.29) is 6.61 Å². The van der Waals surface area contributed by atoms with E-state index in [1.54, 1.807) is 25.4 Å². The molecular weight excluding hydrogens is 234 g/mol. The number of carboxylic acid groups (broad SMARTS) is 1. The lowest BCUT2D eigenvalue weighted by Crippen LogP contribution is -2.09. The SMILES string of the molecule is Cc1cc(OCC(=O)O)ccc1-c1cnn(C)n1. The number of hydrogen-bond donors (Lipinski definition) is 1. The van der Waals surface area contributed by atoms with E-state index in [1.165, 1.54) is 4.80 Å². The van der Waals surface area contributed by atoms with Crippen LogP contribution in [-0.2, 0) is 11.8 Å². The van der Waals surface area contributed by atoms with Crippen molar-refractivity contribution in [3.05, 3.63) is 30.0 Å². The van der Waals surface area contributed by atoms with E-state index in [9.17, 15) is 4.79 Å². The summed E-state index contributed by atoms with van der Waals surface area (Å²) in [6, 6.07) is 5.35. The Kier molecular flexibility index (Phi) is 3.27. The van der Waals surface area contributed by atoms with Gasteiger partial charge in [0.05, 0.1) is 6.20 Å². The fourth-order valence-corrected chi connectivity index (χ4v) is 1.63. The van der Waals surface area contributed by atoms with Crippen LogP contribution in [0, 0.1) is 6.92 Å². The average molecular weight is 247 g/mol. The van der Waals surface area contributed by atoms with Gasteiger partial charge in [0, 0.05) is 12.6 Å². The first kappa shape index (κ1) is 12.1.